The van der Waals surface area contributed by atoms with Gasteiger partial charge in [-0.15, -0.1) is 0 Å². The summed E-state index contributed by atoms with van der Waals surface area (Å²) < 4.78 is 62.2. The lowest BCUT2D eigenvalue weighted by Crippen LogP contribution is -2.25. The first-order valence-electron chi connectivity index (χ1n) is 6.69. The van der Waals surface area contributed by atoms with Crippen LogP contribution in [-0.2, 0) is 9.84 Å². The van der Waals surface area contributed by atoms with Gasteiger partial charge in [0, 0.05) is 0 Å². The average Bonchev–Trinajstić information content (AvgIpc) is 2.47. The van der Waals surface area contributed by atoms with Gasteiger partial charge in [-0.2, -0.15) is 0 Å². The van der Waals surface area contributed by atoms with Gasteiger partial charge in [0.25, 0.3) is 11.9 Å². The quantitative estimate of drug-likeness (QED) is 0.840. The Labute approximate surface area is 116 Å². The van der Waals surface area contributed by atoms with Crippen LogP contribution in [0.2, 0.25) is 0 Å². The molecule has 1 unspecified atom stereocenters. The van der Waals surface area contributed by atoms with Crippen LogP contribution >= 0.6 is 0 Å². The second-order valence-electron chi connectivity index (χ2n) is 5.10. The third-order valence-corrected chi connectivity index (χ3v) is 5.55. The molecule has 1 fully saturated rings. The van der Waals surface area contributed by atoms with Crippen LogP contribution in [0.1, 0.15) is 43.6 Å². The van der Waals surface area contributed by atoms with Crippen LogP contribution in [0.25, 0.3) is 0 Å². The third-order valence-electron chi connectivity index (χ3n) is 3.77. The summed E-state index contributed by atoms with van der Waals surface area (Å²) in [6.07, 6.45) is 1.16. The van der Waals surface area contributed by atoms with Crippen molar-refractivity contribution >= 4 is 9.84 Å². The Morgan fingerprint density at radius 3 is 2.20 bits per heavy atom. The van der Waals surface area contributed by atoms with Gasteiger partial charge in [0.2, 0.25) is 9.84 Å². The van der Waals surface area contributed by atoms with Gasteiger partial charge in [0.15, 0.2) is 0 Å². The molecule has 112 valence electrons. The van der Waals surface area contributed by atoms with E-state index in [1.165, 1.54) is 12.1 Å². The van der Waals surface area contributed by atoms with E-state index in [0.717, 1.165) is 32.1 Å². The lowest BCUT2D eigenvalue weighted by molar-refractivity contribution is 0.0902. The Bertz CT molecular complexity index is 551. The molecule has 0 amide bonds. The topological polar surface area (TPSA) is 34.1 Å². The van der Waals surface area contributed by atoms with Crippen molar-refractivity contribution in [2.24, 2.45) is 0 Å². The number of rotatable bonds is 4. The normalized spacial score (nSPS) is 19.2. The summed E-state index contributed by atoms with van der Waals surface area (Å²) in [4.78, 5) is -0.278. The predicted octanol–water partition coefficient (Wildman–Crippen LogP) is 4.07. The van der Waals surface area contributed by atoms with E-state index < -0.39 is 21.8 Å². The molecule has 2 nitrogen and oxygen atoms in total. The number of hydrogen-bond donors (Lipinski definition) is 0. The second kappa shape index (κ2) is 6.16. The lowest BCUT2D eigenvalue weighted by Gasteiger charge is -2.24. The summed E-state index contributed by atoms with van der Waals surface area (Å²) in [6, 6.07) is 5.95. The molecular formula is C14H17F3O2S. The molecule has 20 heavy (non-hydrogen) atoms. The van der Waals surface area contributed by atoms with Crippen LogP contribution in [0.15, 0.2) is 29.2 Å². The molecule has 0 aromatic heterocycles. The van der Waals surface area contributed by atoms with Gasteiger partial charge in [0.05, 0.1) is 4.90 Å². The minimum absolute atomic E-state index is 0.0135. The van der Waals surface area contributed by atoms with E-state index in [-0.39, 0.29) is 10.8 Å². The molecule has 1 saturated carbocycles. The van der Waals surface area contributed by atoms with Gasteiger partial charge < -0.3 is 0 Å². The molecule has 1 aromatic carbocycles. The summed E-state index contributed by atoms with van der Waals surface area (Å²) in [5.41, 5.74) is -2.68. The van der Waals surface area contributed by atoms with Gasteiger partial charge in [-0.1, -0.05) is 37.5 Å². The number of halogens is 3. The van der Waals surface area contributed by atoms with Crippen LogP contribution < -0.4 is 0 Å². The van der Waals surface area contributed by atoms with Gasteiger partial charge in [-0.05, 0) is 30.4 Å². The Kier molecular flexibility index (Phi) is 4.73. The van der Waals surface area contributed by atoms with Gasteiger partial charge in [-0.25, -0.2) is 21.6 Å². The van der Waals surface area contributed by atoms with E-state index in [2.05, 4.69) is 0 Å². The highest BCUT2D eigenvalue weighted by atomic mass is 32.2. The molecule has 1 atom stereocenters. The van der Waals surface area contributed by atoms with Gasteiger partial charge >= 0.3 is 0 Å². The molecule has 0 bridgehead atoms. The summed E-state index contributed by atoms with van der Waals surface area (Å²) >= 11 is 0. The highest BCUT2D eigenvalue weighted by molar-refractivity contribution is 7.92. The van der Waals surface area contributed by atoms with Crippen LogP contribution in [0.3, 0.4) is 0 Å². The van der Waals surface area contributed by atoms with E-state index in [1.54, 1.807) is 12.1 Å². The standard InChI is InChI=1S/C14H17F3O2S/c15-13(16)14(17)20(18,19)12-9-5-4-8-11(12)10-6-2-1-3-7-10/h4-5,8-10,13-14H,1-3,6-7H2. The maximum absolute atomic E-state index is 13.4. The first-order chi connectivity index (χ1) is 9.44. The van der Waals surface area contributed by atoms with Crippen LogP contribution in [0, 0.1) is 0 Å². The van der Waals surface area contributed by atoms with E-state index >= 15 is 0 Å². The molecule has 6 heteroatoms. The minimum Gasteiger partial charge on any atom is -0.223 e. The summed E-state index contributed by atoms with van der Waals surface area (Å²) in [6.45, 7) is 0. The molecular weight excluding hydrogens is 289 g/mol. The molecule has 0 aliphatic heterocycles. The SMILES string of the molecule is O=S(=O)(c1ccccc1C1CCCCC1)C(F)C(F)F. The molecule has 1 aliphatic carbocycles. The van der Waals surface area contributed by atoms with Crippen LogP contribution in [0.4, 0.5) is 13.2 Å². The zero-order valence-corrected chi connectivity index (χ0v) is 11.8. The van der Waals surface area contributed by atoms with E-state index in [4.69, 9.17) is 0 Å². The van der Waals surface area contributed by atoms with Gasteiger partial charge in [0.1, 0.15) is 0 Å². The first kappa shape index (κ1) is 15.4. The van der Waals surface area contributed by atoms with Crippen molar-refractivity contribution in [2.45, 2.75) is 54.8 Å². The van der Waals surface area contributed by atoms with Crippen molar-refractivity contribution in [3.8, 4) is 0 Å². The van der Waals surface area contributed by atoms with Crippen molar-refractivity contribution in [3.63, 3.8) is 0 Å². The monoisotopic (exact) mass is 306 g/mol. The molecule has 1 aromatic rings. The number of hydrogen-bond acceptors (Lipinski definition) is 2. The van der Waals surface area contributed by atoms with E-state index in [1.807, 2.05) is 0 Å². The van der Waals surface area contributed by atoms with E-state index in [0.29, 0.717) is 5.56 Å². The van der Waals surface area contributed by atoms with Gasteiger partial charge in [-0.3, -0.25) is 0 Å². The Hall–Kier alpha value is -1.04. The maximum Gasteiger partial charge on any atom is 0.284 e. The fourth-order valence-corrected chi connectivity index (χ4v) is 4.09. The molecule has 0 spiro atoms. The van der Waals surface area contributed by atoms with Crippen LogP contribution in [0.5, 0.6) is 0 Å². The Balaban J connectivity index is 2.41. The fraction of sp³-hybridized carbons (Fsp3) is 0.571. The Morgan fingerprint density at radius 2 is 1.60 bits per heavy atom. The second-order valence-corrected chi connectivity index (χ2v) is 7.08. The first-order valence-corrected chi connectivity index (χ1v) is 8.24. The zero-order valence-electron chi connectivity index (χ0n) is 10.9. The lowest BCUT2D eigenvalue weighted by atomic mass is 9.84. The van der Waals surface area contributed by atoms with Crippen molar-refractivity contribution in [1.29, 1.82) is 0 Å². The highest BCUT2D eigenvalue weighted by Crippen LogP contribution is 2.37. The smallest absolute Gasteiger partial charge is 0.223 e. The van der Waals surface area contributed by atoms with Crippen molar-refractivity contribution in [2.75, 3.05) is 0 Å². The molecule has 2 rings (SSSR count). The summed E-state index contributed by atoms with van der Waals surface area (Å²) in [5.74, 6) is 0.0135. The zero-order chi connectivity index (χ0) is 14.8. The van der Waals surface area contributed by atoms with Crippen LogP contribution in [-0.4, -0.2) is 20.3 Å². The fourth-order valence-electron chi connectivity index (χ4n) is 2.75. The molecule has 1 aliphatic rings. The number of benzene rings is 1. The van der Waals surface area contributed by atoms with E-state index in [9.17, 15) is 21.6 Å². The third kappa shape index (κ3) is 3.00. The minimum atomic E-state index is -4.63. The molecule has 0 heterocycles. The predicted molar refractivity (Wildman–Crippen MR) is 70.4 cm³/mol. The van der Waals surface area contributed by atoms with Crippen molar-refractivity contribution < 1.29 is 21.6 Å². The number of sulfone groups is 1. The largest absolute Gasteiger partial charge is 0.284 e. The highest BCUT2D eigenvalue weighted by Gasteiger charge is 2.37. The number of alkyl halides is 3. The molecule has 0 saturated heterocycles. The molecule has 0 N–H and O–H groups in total. The maximum atomic E-state index is 13.4. The average molecular weight is 306 g/mol. The van der Waals surface area contributed by atoms with Crippen molar-refractivity contribution in [1.82, 2.24) is 0 Å². The summed E-state index contributed by atoms with van der Waals surface area (Å²) in [5, 5.41) is 0. The summed E-state index contributed by atoms with van der Waals surface area (Å²) in [7, 11) is -4.63. The molecule has 0 radical (unpaired) electrons. The van der Waals surface area contributed by atoms with Crippen molar-refractivity contribution in [3.05, 3.63) is 29.8 Å². The Morgan fingerprint density at radius 1 is 1.00 bits per heavy atom.